The molecule has 1 fully saturated rings. The summed E-state index contributed by atoms with van der Waals surface area (Å²) in [6.45, 7) is 5.52. The van der Waals surface area contributed by atoms with Crippen molar-refractivity contribution in [3.05, 3.63) is 21.4 Å². The van der Waals surface area contributed by atoms with Crippen LogP contribution in [-0.4, -0.2) is 6.04 Å². The average Bonchev–Trinajstić information content (AvgIpc) is 2.87. The summed E-state index contributed by atoms with van der Waals surface area (Å²) >= 11 is 2.01. The quantitative estimate of drug-likeness (QED) is 0.822. The second-order valence-electron chi connectivity index (χ2n) is 5.28. The van der Waals surface area contributed by atoms with Crippen LogP contribution in [0.4, 0.5) is 0 Å². The van der Waals surface area contributed by atoms with Crippen molar-refractivity contribution in [1.82, 2.24) is 5.32 Å². The van der Waals surface area contributed by atoms with Crippen LogP contribution in [0.5, 0.6) is 0 Å². The molecule has 1 heterocycles. The average molecular weight is 221 g/mol. The van der Waals surface area contributed by atoms with E-state index in [1.807, 2.05) is 11.3 Å². The molecule has 2 atom stereocenters. The zero-order valence-corrected chi connectivity index (χ0v) is 10.4. The smallest absolute Gasteiger partial charge is 0.0219 e. The van der Waals surface area contributed by atoms with Gasteiger partial charge in [-0.15, -0.1) is 11.3 Å². The Morgan fingerprint density at radius 1 is 1.40 bits per heavy atom. The zero-order chi connectivity index (χ0) is 10.4. The normalized spacial score (nSPS) is 27.7. The summed E-state index contributed by atoms with van der Waals surface area (Å²) in [7, 11) is 0. The summed E-state index contributed by atoms with van der Waals surface area (Å²) in [6.07, 6.45) is 4.36. The van der Waals surface area contributed by atoms with Crippen molar-refractivity contribution in [3.8, 4) is 0 Å². The highest BCUT2D eigenvalue weighted by Crippen LogP contribution is 2.56. The second kappa shape index (κ2) is 3.60. The number of nitrogens with one attached hydrogen (secondary N) is 1. The lowest BCUT2D eigenvalue weighted by Crippen LogP contribution is -2.22. The standard InChI is InChI=1S/C13H19NS/c1-8(2)14-6-11-7-15-13-10-4-3-9(5-10)12(11)13/h7-10,14H,3-6H2,1-2H3. The lowest BCUT2D eigenvalue weighted by molar-refractivity contribution is 0.583. The zero-order valence-electron chi connectivity index (χ0n) is 9.55. The Labute approximate surface area is 95.9 Å². The summed E-state index contributed by atoms with van der Waals surface area (Å²) in [6, 6.07) is 0.596. The molecule has 2 heteroatoms. The summed E-state index contributed by atoms with van der Waals surface area (Å²) in [5, 5.41) is 5.94. The molecule has 1 aromatic heterocycles. The minimum Gasteiger partial charge on any atom is -0.310 e. The van der Waals surface area contributed by atoms with Crippen molar-refractivity contribution in [2.75, 3.05) is 0 Å². The van der Waals surface area contributed by atoms with Gasteiger partial charge in [0.05, 0.1) is 0 Å². The third kappa shape index (κ3) is 1.55. The van der Waals surface area contributed by atoms with Gasteiger partial charge in [0.1, 0.15) is 0 Å². The fourth-order valence-corrected chi connectivity index (χ4v) is 4.44. The highest BCUT2D eigenvalue weighted by molar-refractivity contribution is 7.10. The van der Waals surface area contributed by atoms with E-state index in [2.05, 4.69) is 24.5 Å². The Morgan fingerprint density at radius 3 is 3.00 bits per heavy atom. The molecule has 1 nitrogen and oxygen atoms in total. The molecule has 15 heavy (non-hydrogen) atoms. The molecule has 2 aliphatic rings. The van der Waals surface area contributed by atoms with Gasteiger partial charge in [0.2, 0.25) is 0 Å². The molecule has 2 bridgehead atoms. The lowest BCUT2D eigenvalue weighted by Gasteiger charge is -2.14. The largest absolute Gasteiger partial charge is 0.310 e. The van der Waals surface area contributed by atoms with Crippen LogP contribution in [0.15, 0.2) is 5.38 Å². The molecule has 0 spiro atoms. The Morgan fingerprint density at radius 2 is 2.20 bits per heavy atom. The molecule has 1 saturated carbocycles. The summed E-state index contributed by atoms with van der Waals surface area (Å²) in [4.78, 5) is 1.73. The van der Waals surface area contributed by atoms with E-state index in [-0.39, 0.29) is 0 Å². The van der Waals surface area contributed by atoms with E-state index < -0.39 is 0 Å². The lowest BCUT2D eigenvalue weighted by atomic mass is 9.95. The molecule has 0 radical (unpaired) electrons. The molecule has 1 N–H and O–H groups in total. The minimum absolute atomic E-state index is 0.596. The van der Waals surface area contributed by atoms with Crippen LogP contribution in [0.2, 0.25) is 0 Å². The number of thiophene rings is 1. The first-order chi connectivity index (χ1) is 7.25. The van der Waals surface area contributed by atoms with E-state index in [1.165, 1.54) is 19.3 Å². The predicted octanol–water partition coefficient (Wildman–Crippen LogP) is 3.61. The maximum absolute atomic E-state index is 3.54. The van der Waals surface area contributed by atoms with E-state index >= 15 is 0 Å². The van der Waals surface area contributed by atoms with Gasteiger partial charge in [-0.1, -0.05) is 13.8 Å². The van der Waals surface area contributed by atoms with E-state index in [0.717, 1.165) is 18.4 Å². The van der Waals surface area contributed by atoms with Crippen molar-refractivity contribution in [1.29, 1.82) is 0 Å². The van der Waals surface area contributed by atoms with Crippen LogP contribution in [0.25, 0.3) is 0 Å². The molecule has 0 aromatic carbocycles. The third-order valence-electron chi connectivity index (χ3n) is 3.85. The van der Waals surface area contributed by atoms with Crippen molar-refractivity contribution >= 4 is 11.3 Å². The SMILES string of the molecule is CC(C)NCc1csc2c1C1CCC2C1. The van der Waals surface area contributed by atoms with Gasteiger partial charge in [-0.05, 0) is 47.6 Å². The van der Waals surface area contributed by atoms with Crippen LogP contribution < -0.4 is 5.32 Å². The van der Waals surface area contributed by atoms with Crippen LogP contribution in [0, 0.1) is 0 Å². The highest BCUT2D eigenvalue weighted by atomic mass is 32.1. The molecule has 3 rings (SSSR count). The monoisotopic (exact) mass is 221 g/mol. The van der Waals surface area contributed by atoms with E-state index in [0.29, 0.717) is 6.04 Å². The first-order valence-corrected chi connectivity index (χ1v) is 6.97. The van der Waals surface area contributed by atoms with Crippen LogP contribution in [0.1, 0.15) is 60.9 Å². The van der Waals surface area contributed by atoms with Gasteiger partial charge in [0.15, 0.2) is 0 Å². The molecule has 1 aromatic rings. The minimum atomic E-state index is 0.596. The molecule has 0 amide bonds. The molecule has 82 valence electrons. The third-order valence-corrected chi connectivity index (χ3v) is 5.06. The van der Waals surface area contributed by atoms with Crippen molar-refractivity contribution < 1.29 is 0 Å². The van der Waals surface area contributed by atoms with Crippen LogP contribution >= 0.6 is 11.3 Å². The Kier molecular flexibility index (Phi) is 2.37. The maximum Gasteiger partial charge on any atom is 0.0219 e. The summed E-state index contributed by atoms with van der Waals surface area (Å²) in [5.41, 5.74) is 3.33. The summed E-state index contributed by atoms with van der Waals surface area (Å²) in [5.74, 6) is 1.85. The van der Waals surface area contributed by atoms with Gasteiger partial charge in [-0.3, -0.25) is 0 Å². The molecule has 0 aliphatic heterocycles. The Bertz CT molecular complexity index is 367. The first-order valence-electron chi connectivity index (χ1n) is 6.09. The Balaban J connectivity index is 1.83. The van der Waals surface area contributed by atoms with Gasteiger partial charge in [0, 0.05) is 17.5 Å². The van der Waals surface area contributed by atoms with Crippen LogP contribution in [-0.2, 0) is 6.54 Å². The molecule has 2 unspecified atom stereocenters. The molecule has 0 saturated heterocycles. The molecular weight excluding hydrogens is 202 g/mol. The number of hydrogen-bond donors (Lipinski definition) is 1. The van der Waals surface area contributed by atoms with Crippen molar-refractivity contribution in [2.24, 2.45) is 0 Å². The number of rotatable bonds is 3. The van der Waals surface area contributed by atoms with E-state index in [9.17, 15) is 0 Å². The fraction of sp³-hybridized carbons (Fsp3) is 0.692. The summed E-state index contributed by atoms with van der Waals surface area (Å²) < 4.78 is 0. The Hall–Kier alpha value is -0.340. The van der Waals surface area contributed by atoms with E-state index in [1.54, 1.807) is 16.0 Å². The maximum atomic E-state index is 3.54. The van der Waals surface area contributed by atoms with Crippen molar-refractivity contribution in [3.63, 3.8) is 0 Å². The van der Waals surface area contributed by atoms with E-state index in [4.69, 9.17) is 0 Å². The van der Waals surface area contributed by atoms with Gasteiger partial charge in [0.25, 0.3) is 0 Å². The van der Waals surface area contributed by atoms with Gasteiger partial charge < -0.3 is 5.32 Å². The molecular formula is C13H19NS. The first kappa shape index (κ1) is 9.86. The predicted molar refractivity (Wildman–Crippen MR) is 65.6 cm³/mol. The van der Waals surface area contributed by atoms with Gasteiger partial charge in [-0.25, -0.2) is 0 Å². The number of hydrogen-bond acceptors (Lipinski definition) is 2. The molecule has 2 aliphatic carbocycles. The van der Waals surface area contributed by atoms with Crippen LogP contribution in [0.3, 0.4) is 0 Å². The number of fused-ring (bicyclic) bond motifs is 5. The van der Waals surface area contributed by atoms with Gasteiger partial charge in [-0.2, -0.15) is 0 Å². The van der Waals surface area contributed by atoms with Gasteiger partial charge >= 0.3 is 0 Å². The highest BCUT2D eigenvalue weighted by Gasteiger charge is 2.39. The fourth-order valence-electron chi connectivity index (χ4n) is 3.13. The second-order valence-corrected chi connectivity index (χ2v) is 6.19. The van der Waals surface area contributed by atoms with Crippen molar-refractivity contribution in [2.45, 2.75) is 57.5 Å². The topological polar surface area (TPSA) is 12.0 Å².